The molecule has 1 aromatic heterocycles. The molecule has 0 amide bonds. The molecular formula is C15H22N2O4. The lowest BCUT2D eigenvalue weighted by Gasteiger charge is -2.18. The van der Waals surface area contributed by atoms with Gasteiger partial charge in [-0.1, -0.05) is 0 Å². The van der Waals surface area contributed by atoms with Crippen LogP contribution in [0.3, 0.4) is 0 Å². The van der Waals surface area contributed by atoms with E-state index in [1.807, 2.05) is 0 Å². The Morgan fingerprint density at radius 1 is 1.48 bits per heavy atom. The Kier molecular flexibility index (Phi) is 5.52. The summed E-state index contributed by atoms with van der Waals surface area (Å²) < 4.78 is 4.86. The van der Waals surface area contributed by atoms with Crippen molar-refractivity contribution in [2.45, 2.75) is 38.2 Å². The van der Waals surface area contributed by atoms with E-state index in [0.29, 0.717) is 18.8 Å². The third-order valence-corrected chi connectivity index (χ3v) is 3.66. The molecule has 0 aliphatic heterocycles. The number of aliphatic hydroxyl groups is 1. The van der Waals surface area contributed by atoms with Crippen LogP contribution in [0.4, 0.5) is 5.82 Å². The molecule has 0 radical (unpaired) electrons. The van der Waals surface area contributed by atoms with Gasteiger partial charge in [-0.25, -0.2) is 9.78 Å². The van der Waals surface area contributed by atoms with Crippen molar-refractivity contribution in [2.75, 3.05) is 25.6 Å². The fraction of sp³-hybridized carbons (Fsp3) is 0.600. The lowest BCUT2D eigenvalue weighted by molar-refractivity contribution is 0.0615. The van der Waals surface area contributed by atoms with E-state index in [2.05, 4.69) is 10.3 Å². The second-order valence-corrected chi connectivity index (χ2v) is 5.33. The zero-order valence-corrected chi connectivity index (χ0v) is 12.3. The van der Waals surface area contributed by atoms with E-state index >= 15 is 0 Å². The molecule has 1 unspecified atom stereocenters. The molecule has 0 fully saturated rings. The van der Waals surface area contributed by atoms with Crippen molar-refractivity contribution in [3.8, 4) is 0 Å². The van der Waals surface area contributed by atoms with E-state index in [0.717, 1.165) is 36.9 Å². The number of rotatable bonds is 7. The molecule has 6 heteroatoms. The van der Waals surface area contributed by atoms with Crippen LogP contribution in [0, 0.1) is 0 Å². The van der Waals surface area contributed by atoms with Crippen molar-refractivity contribution >= 4 is 11.8 Å². The van der Waals surface area contributed by atoms with Crippen LogP contribution in [0.1, 0.15) is 40.9 Å². The van der Waals surface area contributed by atoms with E-state index in [-0.39, 0.29) is 12.2 Å². The highest BCUT2D eigenvalue weighted by molar-refractivity contribution is 5.93. The Bertz CT molecular complexity index is 505. The van der Waals surface area contributed by atoms with Crippen molar-refractivity contribution in [2.24, 2.45) is 0 Å². The van der Waals surface area contributed by atoms with Crippen LogP contribution >= 0.6 is 0 Å². The van der Waals surface area contributed by atoms with Crippen molar-refractivity contribution in [1.82, 2.24) is 4.98 Å². The van der Waals surface area contributed by atoms with Gasteiger partial charge in [0, 0.05) is 19.3 Å². The number of nitrogens with one attached hydrogen (secondary N) is 1. The molecule has 21 heavy (non-hydrogen) atoms. The molecule has 1 aliphatic rings. The topological polar surface area (TPSA) is 91.7 Å². The van der Waals surface area contributed by atoms with E-state index in [4.69, 9.17) is 4.74 Å². The maximum Gasteiger partial charge on any atom is 0.339 e. The third-order valence-electron chi connectivity index (χ3n) is 3.66. The number of aryl methyl sites for hydroxylation is 2. The van der Waals surface area contributed by atoms with Gasteiger partial charge < -0.3 is 20.3 Å². The molecule has 0 saturated carbocycles. The number of ether oxygens (including phenoxy) is 1. The molecule has 1 aliphatic carbocycles. The smallest absolute Gasteiger partial charge is 0.339 e. The largest absolute Gasteiger partial charge is 0.478 e. The minimum atomic E-state index is -0.976. The van der Waals surface area contributed by atoms with Gasteiger partial charge in [-0.2, -0.15) is 0 Å². The summed E-state index contributed by atoms with van der Waals surface area (Å²) in [6, 6.07) is 1.73. The number of aromatic carboxylic acids is 1. The SMILES string of the molecule is COCC(O)CCNc1nc2c(cc1C(=O)O)CCCC2. The van der Waals surface area contributed by atoms with E-state index in [1.54, 1.807) is 6.07 Å². The van der Waals surface area contributed by atoms with Gasteiger partial charge in [0.2, 0.25) is 0 Å². The van der Waals surface area contributed by atoms with Crippen molar-refractivity contribution in [3.05, 3.63) is 22.9 Å². The maximum absolute atomic E-state index is 11.4. The number of aliphatic hydroxyl groups excluding tert-OH is 1. The predicted molar refractivity (Wildman–Crippen MR) is 78.8 cm³/mol. The van der Waals surface area contributed by atoms with Gasteiger partial charge >= 0.3 is 5.97 Å². The average Bonchev–Trinajstić information content (AvgIpc) is 2.46. The minimum Gasteiger partial charge on any atom is -0.478 e. The molecule has 0 aromatic carbocycles. The fourth-order valence-electron chi connectivity index (χ4n) is 2.56. The lowest BCUT2D eigenvalue weighted by atomic mass is 9.94. The second-order valence-electron chi connectivity index (χ2n) is 5.33. The average molecular weight is 294 g/mol. The minimum absolute atomic E-state index is 0.205. The Morgan fingerprint density at radius 3 is 2.95 bits per heavy atom. The van der Waals surface area contributed by atoms with Crippen molar-refractivity contribution in [3.63, 3.8) is 0 Å². The first kappa shape index (κ1) is 15.7. The van der Waals surface area contributed by atoms with Gasteiger partial charge in [-0.3, -0.25) is 0 Å². The summed E-state index contributed by atoms with van der Waals surface area (Å²) in [7, 11) is 1.53. The summed E-state index contributed by atoms with van der Waals surface area (Å²) >= 11 is 0. The number of aromatic nitrogens is 1. The first-order chi connectivity index (χ1) is 10.1. The highest BCUT2D eigenvalue weighted by atomic mass is 16.5. The summed E-state index contributed by atoms with van der Waals surface area (Å²) in [5.41, 5.74) is 2.24. The zero-order chi connectivity index (χ0) is 15.2. The fourth-order valence-corrected chi connectivity index (χ4v) is 2.56. The van der Waals surface area contributed by atoms with Crippen LogP contribution in [-0.2, 0) is 17.6 Å². The quantitative estimate of drug-likeness (QED) is 0.705. The van der Waals surface area contributed by atoms with Crippen molar-refractivity contribution < 1.29 is 19.7 Å². The normalized spacial score (nSPS) is 15.3. The highest BCUT2D eigenvalue weighted by Gasteiger charge is 2.18. The third kappa shape index (κ3) is 4.15. The Morgan fingerprint density at radius 2 is 2.24 bits per heavy atom. The molecule has 1 heterocycles. The molecule has 3 N–H and O–H groups in total. The Labute approximate surface area is 124 Å². The number of carboxylic acids is 1. The molecule has 1 aromatic rings. The number of methoxy groups -OCH3 is 1. The summed E-state index contributed by atoms with van der Waals surface area (Å²) in [6.45, 7) is 0.724. The molecule has 116 valence electrons. The lowest BCUT2D eigenvalue weighted by Crippen LogP contribution is -2.20. The Hall–Kier alpha value is -1.66. The number of anilines is 1. The molecule has 0 bridgehead atoms. The number of carboxylic acid groups (broad SMARTS) is 1. The van der Waals surface area contributed by atoms with Gasteiger partial charge in [-0.15, -0.1) is 0 Å². The summed E-state index contributed by atoms with van der Waals surface area (Å²) in [4.78, 5) is 15.8. The molecule has 0 saturated heterocycles. The van der Waals surface area contributed by atoms with Crippen LogP contribution in [-0.4, -0.2) is 47.5 Å². The highest BCUT2D eigenvalue weighted by Crippen LogP contribution is 2.24. The first-order valence-corrected chi connectivity index (χ1v) is 7.28. The number of nitrogens with zero attached hydrogens (tertiary/aromatic N) is 1. The summed E-state index contributed by atoms with van der Waals surface area (Å²) in [5, 5.41) is 21.9. The van der Waals surface area contributed by atoms with Gasteiger partial charge in [0.25, 0.3) is 0 Å². The molecule has 6 nitrogen and oxygen atoms in total. The van der Waals surface area contributed by atoms with Crippen LogP contribution < -0.4 is 5.32 Å². The first-order valence-electron chi connectivity index (χ1n) is 7.28. The van der Waals surface area contributed by atoms with Crippen LogP contribution in [0.15, 0.2) is 6.07 Å². The van der Waals surface area contributed by atoms with E-state index in [9.17, 15) is 15.0 Å². The van der Waals surface area contributed by atoms with Gasteiger partial charge in [0.15, 0.2) is 0 Å². The summed E-state index contributed by atoms with van der Waals surface area (Å²) in [5.74, 6) is -0.580. The van der Waals surface area contributed by atoms with Gasteiger partial charge in [-0.05, 0) is 43.7 Å². The molecule has 2 rings (SSSR count). The number of carbonyl (C=O) groups is 1. The van der Waals surface area contributed by atoms with Crippen molar-refractivity contribution in [1.29, 1.82) is 0 Å². The maximum atomic E-state index is 11.4. The molecule has 1 atom stereocenters. The monoisotopic (exact) mass is 294 g/mol. The molecular weight excluding hydrogens is 272 g/mol. The van der Waals surface area contributed by atoms with E-state index in [1.165, 1.54) is 7.11 Å². The van der Waals surface area contributed by atoms with Crippen LogP contribution in [0.2, 0.25) is 0 Å². The van der Waals surface area contributed by atoms with Crippen LogP contribution in [0.25, 0.3) is 0 Å². The van der Waals surface area contributed by atoms with Gasteiger partial charge in [0.1, 0.15) is 11.4 Å². The van der Waals surface area contributed by atoms with E-state index < -0.39 is 12.1 Å². The number of hydrogen-bond acceptors (Lipinski definition) is 5. The number of fused-ring (bicyclic) bond motifs is 1. The van der Waals surface area contributed by atoms with Crippen LogP contribution in [0.5, 0.6) is 0 Å². The summed E-state index contributed by atoms with van der Waals surface area (Å²) in [6.07, 6.45) is 3.90. The second kappa shape index (κ2) is 7.38. The standard InChI is InChI=1S/C15H22N2O4/c1-21-9-11(18)6-7-16-14-12(15(19)20)8-10-4-2-3-5-13(10)17-14/h8,11,18H,2-7,9H2,1H3,(H,16,17)(H,19,20). The Balaban J connectivity index is 2.08. The predicted octanol–water partition coefficient (Wildman–Crippen LogP) is 1.47. The van der Waals surface area contributed by atoms with Gasteiger partial charge in [0.05, 0.1) is 12.7 Å². The number of hydrogen-bond donors (Lipinski definition) is 3. The zero-order valence-electron chi connectivity index (χ0n) is 12.3. The number of pyridine rings is 1. The molecule has 0 spiro atoms.